The van der Waals surface area contributed by atoms with Crippen molar-refractivity contribution in [3.8, 4) is 0 Å². The van der Waals surface area contributed by atoms with E-state index in [1.807, 2.05) is 30.3 Å². The van der Waals surface area contributed by atoms with Gasteiger partial charge in [0.2, 0.25) is 5.69 Å². The van der Waals surface area contributed by atoms with Crippen LogP contribution in [0.15, 0.2) is 54.7 Å². The average molecular weight is 276 g/mol. The normalized spacial score (nSPS) is 12.2. The fourth-order valence-electron chi connectivity index (χ4n) is 2.89. The molecule has 3 aromatic rings. The number of hydrogen-bond acceptors (Lipinski definition) is 1. The molecule has 3 nitrogen and oxygen atoms in total. The average Bonchev–Trinajstić information content (AvgIpc) is 2.97. The van der Waals surface area contributed by atoms with Gasteiger partial charge in [0, 0.05) is 29.6 Å². The second-order valence-corrected chi connectivity index (χ2v) is 5.03. The maximum Gasteiger partial charge on any atom is 0.212 e. The highest BCUT2D eigenvalue weighted by Crippen LogP contribution is 2.37. The van der Waals surface area contributed by atoms with Gasteiger partial charge in [0.25, 0.3) is 0 Å². The van der Waals surface area contributed by atoms with Crippen molar-refractivity contribution >= 4 is 16.6 Å². The van der Waals surface area contributed by atoms with Crippen molar-refractivity contribution in [1.29, 1.82) is 0 Å². The Morgan fingerprint density at radius 2 is 1.90 bits per heavy atom. The van der Waals surface area contributed by atoms with E-state index in [9.17, 15) is 5.11 Å². The fourth-order valence-corrected chi connectivity index (χ4v) is 2.89. The van der Waals surface area contributed by atoms with Crippen molar-refractivity contribution in [2.45, 2.75) is 12.3 Å². The van der Waals surface area contributed by atoms with Gasteiger partial charge in [-0.25, -0.2) is 4.85 Å². The van der Waals surface area contributed by atoms with Gasteiger partial charge in [-0.1, -0.05) is 42.5 Å². The Labute approximate surface area is 123 Å². The topological polar surface area (TPSA) is 40.4 Å². The lowest BCUT2D eigenvalue weighted by Crippen LogP contribution is -2.04. The number of hydrogen-bond donors (Lipinski definition) is 2. The second kappa shape index (κ2) is 5.82. The number of benzene rings is 2. The SMILES string of the molecule is [C-]#[N+]c1c[nH]c2cccc(C(CCO)c3ccccc3)c12. The molecule has 21 heavy (non-hydrogen) atoms. The summed E-state index contributed by atoms with van der Waals surface area (Å²) >= 11 is 0. The maximum atomic E-state index is 9.44. The van der Waals surface area contributed by atoms with Crippen LogP contribution >= 0.6 is 0 Å². The van der Waals surface area contributed by atoms with E-state index < -0.39 is 0 Å². The van der Waals surface area contributed by atoms with Crippen molar-refractivity contribution in [2.75, 3.05) is 6.61 Å². The van der Waals surface area contributed by atoms with E-state index in [4.69, 9.17) is 6.57 Å². The zero-order valence-electron chi connectivity index (χ0n) is 11.6. The zero-order valence-corrected chi connectivity index (χ0v) is 11.6. The Balaban J connectivity index is 2.21. The van der Waals surface area contributed by atoms with Gasteiger partial charge in [0.05, 0.1) is 6.57 Å². The summed E-state index contributed by atoms with van der Waals surface area (Å²) in [6.45, 7) is 7.46. The van der Waals surface area contributed by atoms with Crippen LogP contribution in [0.5, 0.6) is 0 Å². The molecular formula is C18H16N2O. The minimum absolute atomic E-state index is 0.0937. The molecule has 0 spiro atoms. The minimum atomic E-state index is 0.0937. The summed E-state index contributed by atoms with van der Waals surface area (Å²) < 4.78 is 0. The molecule has 0 aliphatic carbocycles. The number of aromatic amines is 1. The van der Waals surface area contributed by atoms with Crippen LogP contribution in [0.1, 0.15) is 23.5 Å². The third-order valence-electron chi connectivity index (χ3n) is 3.83. The van der Waals surface area contributed by atoms with Crippen LogP contribution in [0.3, 0.4) is 0 Å². The summed E-state index contributed by atoms with van der Waals surface area (Å²) in [7, 11) is 0. The molecule has 0 aliphatic heterocycles. The molecule has 1 unspecified atom stereocenters. The van der Waals surface area contributed by atoms with E-state index in [0.29, 0.717) is 12.1 Å². The van der Waals surface area contributed by atoms with Gasteiger partial charge in [-0.05, 0) is 23.6 Å². The lowest BCUT2D eigenvalue weighted by atomic mass is 9.86. The van der Waals surface area contributed by atoms with Gasteiger partial charge >= 0.3 is 0 Å². The molecule has 3 rings (SSSR count). The largest absolute Gasteiger partial charge is 0.396 e. The number of aliphatic hydroxyl groups is 1. The molecule has 1 atom stereocenters. The van der Waals surface area contributed by atoms with Gasteiger partial charge in [0.1, 0.15) is 0 Å². The Morgan fingerprint density at radius 3 is 2.62 bits per heavy atom. The Hall–Kier alpha value is -2.57. The predicted molar refractivity (Wildman–Crippen MR) is 84.5 cm³/mol. The quantitative estimate of drug-likeness (QED) is 0.688. The van der Waals surface area contributed by atoms with Crippen LogP contribution in [0.2, 0.25) is 0 Å². The third kappa shape index (κ3) is 2.42. The van der Waals surface area contributed by atoms with Crippen LogP contribution in [0, 0.1) is 6.57 Å². The number of aromatic nitrogens is 1. The van der Waals surface area contributed by atoms with Crippen LogP contribution in [-0.4, -0.2) is 16.7 Å². The Kier molecular flexibility index (Phi) is 3.72. The third-order valence-corrected chi connectivity index (χ3v) is 3.83. The van der Waals surface area contributed by atoms with Crippen LogP contribution in [0.25, 0.3) is 15.7 Å². The molecule has 0 fully saturated rings. The summed E-state index contributed by atoms with van der Waals surface area (Å²) in [5.41, 5.74) is 3.87. The highest BCUT2D eigenvalue weighted by Gasteiger charge is 2.18. The molecule has 2 N–H and O–H groups in total. The summed E-state index contributed by atoms with van der Waals surface area (Å²) in [6, 6.07) is 16.2. The molecule has 0 radical (unpaired) electrons. The molecule has 0 saturated heterocycles. The number of nitrogens with one attached hydrogen (secondary N) is 1. The number of fused-ring (bicyclic) bond motifs is 1. The first-order valence-corrected chi connectivity index (χ1v) is 6.98. The molecule has 1 heterocycles. The maximum absolute atomic E-state index is 9.44. The zero-order chi connectivity index (χ0) is 14.7. The van der Waals surface area contributed by atoms with E-state index in [2.05, 4.69) is 28.0 Å². The monoisotopic (exact) mass is 276 g/mol. The Bertz CT molecular complexity index is 784. The first kappa shape index (κ1) is 13.4. The molecule has 104 valence electrons. The molecule has 0 saturated carbocycles. The van der Waals surface area contributed by atoms with Crippen molar-refractivity contribution in [3.63, 3.8) is 0 Å². The summed E-state index contributed by atoms with van der Waals surface area (Å²) in [4.78, 5) is 6.76. The smallest absolute Gasteiger partial charge is 0.212 e. The van der Waals surface area contributed by atoms with Crippen LogP contribution in [-0.2, 0) is 0 Å². The van der Waals surface area contributed by atoms with E-state index in [1.165, 1.54) is 0 Å². The van der Waals surface area contributed by atoms with E-state index in [0.717, 1.165) is 22.0 Å². The highest BCUT2D eigenvalue weighted by atomic mass is 16.3. The molecule has 0 amide bonds. The standard InChI is InChI=1S/C18H16N2O/c1-19-17-12-20-16-9-5-8-15(18(16)17)14(10-11-21)13-6-3-2-4-7-13/h2-9,12,14,20-21H,10-11H2. The Morgan fingerprint density at radius 1 is 1.10 bits per heavy atom. The van der Waals surface area contributed by atoms with E-state index >= 15 is 0 Å². The van der Waals surface area contributed by atoms with Gasteiger partial charge in [-0.2, -0.15) is 0 Å². The molecule has 3 heteroatoms. The van der Waals surface area contributed by atoms with Crippen LogP contribution in [0.4, 0.5) is 5.69 Å². The highest BCUT2D eigenvalue weighted by molar-refractivity contribution is 5.96. The van der Waals surface area contributed by atoms with Crippen molar-refractivity contribution in [2.24, 2.45) is 0 Å². The summed E-state index contributed by atoms with van der Waals surface area (Å²) in [5.74, 6) is 0.0937. The van der Waals surface area contributed by atoms with Crippen molar-refractivity contribution in [1.82, 2.24) is 4.98 Å². The minimum Gasteiger partial charge on any atom is -0.396 e. The number of aliphatic hydroxyl groups excluding tert-OH is 1. The fraction of sp³-hybridized carbons (Fsp3) is 0.167. The first-order chi connectivity index (χ1) is 10.3. The summed E-state index contributed by atoms with van der Waals surface area (Å²) in [5, 5.41) is 10.4. The number of rotatable bonds is 4. The van der Waals surface area contributed by atoms with Gasteiger partial charge in [-0.15, -0.1) is 0 Å². The van der Waals surface area contributed by atoms with Crippen molar-refractivity contribution in [3.05, 3.63) is 77.3 Å². The van der Waals surface area contributed by atoms with Gasteiger partial charge < -0.3 is 10.1 Å². The summed E-state index contributed by atoms with van der Waals surface area (Å²) in [6.07, 6.45) is 2.40. The van der Waals surface area contributed by atoms with Crippen molar-refractivity contribution < 1.29 is 5.11 Å². The second-order valence-electron chi connectivity index (χ2n) is 5.03. The molecular weight excluding hydrogens is 260 g/mol. The van der Waals surface area contributed by atoms with E-state index in [-0.39, 0.29) is 12.5 Å². The number of nitrogens with zero attached hydrogens (tertiary/aromatic N) is 1. The van der Waals surface area contributed by atoms with Crippen LogP contribution < -0.4 is 0 Å². The molecule has 1 aromatic heterocycles. The molecule has 0 bridgehead atoms. The van der Waals surface area contributed by atoms with Gasteiger partial charge in [0.15, 0.2) is 0 Å². The first-order valence-electron chi connectivity index (χ1n) is 6.98. The lowest BCUT2D eigenvalue weighted by Gasteiger charge is -2.18. The lowest BCUT2D eigenvalue weighted by molar-refractivity contribution is 0.282. The predicted octanol–water partition coefficient (Wildman–Crippen LogP) is 4.23. The number of H-pyrrole nitrogens is 1. The molecule has 2 aromatic carbocycles. The molecule has 0 aliphatic rings. The van der Waals surface area contributed by atoms with Gasteiger partial charge in [-0.3, -0.25) is 0 Å². The van der Waals surface area contributed by atoms with E-state index in [1.54, 1.807) is 6.20 Å².